The number of nitrogens with zero attached hydrogens (tertiary/aromatic N) is 2. The van der Waals surface area contributed by atoms with Crippen LogP contribution in [0.5, 0.6) is 0 Å². The van der Waals surface area contributed by atoms with Crippen molar-refractivity contribution in [1.82, 2.24) is 15.5 Å². The van der Waals surface area contributed by atoms with Gasteiger partial charge >= 0.3 is 0 Å². The van der Waals surface area contributed by atoms with E-state index in [9.17, 15) is 19.2 Å². The quantitative estimate of drug-likeness (QED) is 0.520. The van der Waals surface area contributed by atoms with E-state index in [1.165, 1.54) is 16.2 Å². The van der Waals surface area contributed by atoms with Crippen molar-refractivity contribution in [3.8, 4) is 0 Å². The van der Waals surface area contributed by atoms with Crippen molar-refractivity contribution in [2.45, 2.75) is 52.2 Å². The Bertz CT molecular complexity index is 1060. The van der Waals surface area contributed by atoms with Crippen molar-refractivity contribution in [3.05, 3.63) is 50.7 Å². The van der Waals surface area contributed by atoms with Crippen LogP contribution in [0.2, 0.25) is 0 Å². The summed E-state index contributed by atoms with van der Waals surface area (Å²) in [6.45, 7) is 4.58. The first kappa shape index (κ1) is 24.4. The number of carbonyl (C=O) groups is 4. The van der Waals surface area contributed by atoms with Crippen molar-refractivity contribution >= 4 is 41.2 Å². The number of fused-ring (bicyclic) bond motifs is 1. The number of amides is 4. The Morgan fingerprint density at radius 1 is 1.30 bits per heavy atom. The van der Waals surface area contributed by atoms with E-state index in [2.05, 4.69) is 10.6 Å². The van der Waals surface area contributed by atoms with Gasteiger partial charge in [-0.25, -0.2) is 0 Å². The van der Waals surface area contributed by atoms with Gasteiger partial charge in [0.2, 0.25) is 18.2 Å². The average Bonchev–Trinajstić information content (AvgIpc) is 3.31. The van der Waals surface area contributed by atoms with Crippen molar-refractivity contribution in [3.63, 3.8) is 0 Å². The highest BCUT2D eigenvalue weighted by molar-refractivity contribution is 7.10. The summed E-state index contributed by atoms with van der Waals surface area (Å²) in [4.78, 5) is 52.9. The maximum Gasteiger partial charge on any atom is 0.256 e. The molecule has 176 valence electrons. The lowest BCUT2D eigenvalue weighted by molar-refractivity contribution is -0.129. The van der Waals surface area contributed by atoms with Gasteiger partial charge in [0.15, 0.2) is 0 Å². The highest BCUT2D eigenvalue weighted by Gasteiger charge is 2.37. The average molecular weight is 471 g/mol. The summed E-state index contributed by atoms with van der Waals surface area (Å²) in [5.41, 5.74) is 4.57. The highest BCUT2D eigenvalue weighted by atomic mass is 32.1. The zero-order valence-corrected chi connectivity index (χ0v) is 20.3. The first-order valence-corrected chi connectivity index (χ1v) is 11.8. The molecule has 1 aliphatic heterocycles. The Hall–Kier alpha value is -3.20. The van der Waals surface area contributed by atoms with E-state index in [1.54, 1.807) is 5.38 Å². The minimum Gasteiger partial charge on any atom is -0.377 e. The molecule has 2 heterocycles. The molecule has 0 aliphatic carbocycles. The van der Waals surface area contributed by atoms with Gasteiger partial charge in [-0.05, 0) is 36.1 Å². The molecule has 9 heteroatoms. The van der Waals surface area contributed by atoms with Crippen LogP contribution < -0.4 is 15.5 Å². The zero-order chi connectivity index (χ0) is 24.1. The number of carbonyl (C=O) groups excluding carboxylic acids is 4. The molecule has 3 rings (SSSR count). The van der Waals surface area contributed by atoms with E-state index in [1.807, 2.05) is 51.0 Å². The molecule has 33 heavy (non-hydrogen) atoms. The number of nitrogens with one attached hydrogen (secondary N) is 2. The molecule has 1 atom stereocenters. The summed E-state index contributed by atoms with van der Waals surface area (Å²) in [5, 5.41) is 6.91. The third-order valence-electron chi connectivity index (χ3n) is 5.81. The van der Waals surface area contributed by atoms with Crippen molar-refractivity contribution in [2.24, 2.45) is 0 Å². The van der Waals surface area contributed by atoms with E-state index in [0.29, 0.717) is 37.9 Å². The number of anilines is 1. The van der Waals surface area contributed by atoms with Crippen molar-refractivity contribution in [1.29, 1.82) is 0 Å². The Labute approximate surface area is 197 Å². The van der Waals surface area contributed by atoms with Gasteiger partial charge in [-0.2, -0.15) is 0 Å². The fourth-order valence-electron chi connectivity index (χ4n) is 4.10. The zero-order valence-electron chi connectivity index (χ0n) is 19.4. The molecule has 2 N–H and O–H groups in total. The molecule has 2 aromatic rings. The molecule has 1 aromatic heterocycles. The fourth-order valence-corrected chi connectivity index (χ4v) is 5.08. The number of benzene rings is 1. The lowest BCUT2D eigenvalue weighted by atomic mass is 10.1. The summed E-state index contributed by atoms with van der Waals surface area (Å²) in [6, 6.07) is 5.30. The van der Waals surface area contributed by atoms with Gasteiger partial charge in [0.1, 0.15) is 6.04 Å². The molecule has 4 amide bonds. The molecule has 0 saturated heterocycles. The van der Waals surface area contributed by atoms with Gasteiger partial charge in [-0.1, -0.05) is 25.5 Å². The standard InChI is InChI=1S/C24H30N4O4S/c1-5-6-19(23(31)26-14-29)28-12-17-18(24(28)32)13-33-21(17)11-25-22(30)10-16-8-7-15(2)20(9-16)27(3)4/h7-9,13-14,19H,5-6,10-12H2,1-4H3,(H,25,30)(H,26,29,31). The van der Waals surface area contributed by atoms with Gasteiger partial charge in [-0.15, -0.1) is 11.3 Å². The lowest BCUT2D eigenvalue weighted by Gasteiger charge is -2.26. The smallest absolute Gasteiger partial charge is 0.256 e. The van der Waals surface area contributed by atoms with E-state index in [-0.39, 0.29) is 18.2 Å². The number of hydrogen-bond donors (Lipinski definition) is 2. The van der Waals surface area contributed by atoms with Crippen LogP contribution in [0.25, 0.3) is 0 Å². The van der Waals surface area contributed by atoms with E-state index in [4.69, 9.17) is 0 Å². The van der Waals surface area contributed by atoms with Crippen LogP contribution in [-0.4, -0.2) is 49.2 Å². The minimum absolute atomic E-state index is 0.0962. The van der Waals surface area contributed by atoms with E-state index >= 15 is 0 Å². The topological polar surface area (TPSA) is 98.8 Å². The van der Waals surface area contributed by atoms with Crippen LogP contribution >= 0.6 is 11.3 Å². The van der Waals surface area contributed by atoms with Crippen LogP contribution in [0.3, 0.4) is 0 Å². The van der Waals surface area contributed by atoms with Crippen LogP contribution in [0.1, 0.15) is 51.7 Å². The molecule has 8 nitrogen and oxygen atoms in total. The summed E-state index contributed by atoms with van der Waals surface area (Å²) in [5.74, 6) is -0.783. The van der Waals surface area contributed by atoms with Crippen LogP contribution in [0, 0.1) is 6.92 Å². The Balaban J connectivity index is 1.66. The Morgan fingerprint density at radius 3 is 2.73 bits per heavy atom. The fraction of sp³-hybridized carbons (Fsp3) is 0.417. The molecule has 1 aliphatic rings. The molecule has 1 aromatic carbocycles. The van der Waals surface area contributed by atoms with Crippen LogP contribution in [0.4, 0.5) is 5.69 Å². The molecule has 1 unspecified atom stereocenters. The van der Waals surface area contributed by atoms with E-state index < -0.39 is 11.9 Å². The third-order valence-corrected chi connectivity index (χ3v) is 6.84. The number of imide groups is 1. The first-order chi connectivity index (χ1) is 15.8. The second kappa shape index (κ2) is 10.6. The molecule has 0 saturated carbocycles. The van der Waals surface area contributed by atoms with Gasteiger partial charge in [-0.3, -0.25) is 24.5 Å². The summed E-state index contributed by atoms with van der Waals surface area (Å²) >= 11 is 1.43. The maximum absolute atomic E-state index is 12.9. The number of thiophene rings is 1. The monoisotopic (exact) mass is 470 g/mol. The first-order valence-electron chi connectivity index (χ1n) is 10.9. The van der Waals surface area contributed by atoms with Gasteiger partial charge < -0.3 is 15.1 Å². The number of rotatable bonds is 10. The number of aryl methyl sites for hydroxylation is 1. The summed E-state index contributed by atoms with van der Waals surface area (Å²) in [7, 11) is 3.95. The normalized spacial score (nSPS) is 13.5. The number of hydrogen-bond acceptors (Lipinski definition) is 6. The molecule has 0 fully saturated rings. The Kier molecular flexibility index (Phi) is 7.86. The lowest BCUT2D eigenvalue weighted by Crippen LogP contribution is -2.46. The Morgan fingerprint density at radius 2 is 2.06 bits per heavy atom. The van der Waals surface area contributed by atoms with Gasteiger partial charge in [0.25, 0.3) is 5.91 Å². The molecular formula is C24H30N4O4S. The van der Waals surface area contributed by atoms with Crippen molar-refractivity contribution < 1.29 is 19.2 Å². The molecule has 0 radical (unpaired) electrons. The predicted octanol–water partition coefficient (Wildman–Crippen LogP) is 2.38. The van der Waals surface area contributed by atoms with Crippen LogP contribution in [-0.2, 0) is 33.9 Å². The summed E-state index contributed by atoms with van der Waals surface area (Å²) in [6.07, 6.45) is 1.78. The molecule has 0 spiro atoms. The van der Waals surface area contributed by atoms with Crippen LogP contribution in [0.15, 0.2) is 23.6 Å². The second-order valence-electron chi connectivity index (χ2n) is 8.38. The van der Waals surface area contributed by atoms with Gasteiger partial charge in [0.05, 0.1) is 18.5 Å². The largest absolute Gasteiger partial charge is 0.377 e. The predicted molar refractivity (Wildman–Crippen MR) is 128 cm³/mol. The second-order valence-corrected chi connectivity index (χ2v) is 9.35. The van der Waals surface area contributed by atoms with Gasteiger partial charge in [0, 0.05) is 36.6 Å². The minimum atomic E-state index is -0.694. The highest BCUT2D eigenvalue weighted by Crippen LogP contribution is 2.33. The third kappa shape index (κ3) is 5.42. The van der Waals surface area contributed by atoms with Crippen molar-refractivity contribution in [2.75, 3.05) is 19.0 Å². The SMILES string of the molecule is CCCC(C(=O)NC=O)N1Cc2c(csc2CNC(=O)Cc2ccc(C)c(N(C)C)c2)C1=O. The van der Waals surface area contributed by atoms with E-state index in [0.717, 1.165) is 27.3 Å². The molecule has 0 bridgehead atoms. The molecular weight excluding hydrogens is 440 g/mol. The summed E-state index contributed by atoms with van der Waals surface area (Å²) < 4.78 is 0. The maximum atomic E-state index is 12.9.